The quantitative estimate of drug-likeness (QED) is 0.170. The van der Waals surface area contributed by atoms with Crippen molar-refractivity contribution in [2.45, 2.75) is 18.3 Å². The smallest absolute Gasteiger partial charge is 0.160 e. The van der Waals surface area contributed by atoms with Gasteiger partial charge in [-0.2, -0.15) is 0 Å². The summed E-state index contributed by atoms with van der Waals surface area (Å²) in [5, 5.41) is 3.91. The third kappa shape index (κ3) is 5.86. The number of allylic oxidation sites excluding steroid dienone is 4. The normalized spacial score (nSPS) is 15.6. The second kappa shape index (κ2) is 14.3. The fraction of sp³-hybridized carbons (Fsp3) is 0.0566. The van der Waals surface area contributed by atoms with E-state index in [9.17, 15) is 0 Å². The van der Waals surface area contributed by atoms with Crippen LogP contribution in [0.4, 0.5) is 11.4 Å². The molecule has 2 aliphatic rings. The maximum atomic E-state index is 5.13. The minimum Gasteiger partial charge on any atom is -0.355 e. The van der Waals surface area contributed by atoms with Crippen LogP contribution in [0.5, 0.6) is 0 Å². The molecule has 2 aliphatic carbocycles. The number of hydrogen-bond donors (Lipinski definition) is 1. The van der Waals surface area contributed by atoms with Gasteiger partial charge in [-0.3, -0.25) is 0 Å². The average molecular weight is 718 g/mol. The third-order valence-corrected chi connectivity index (χ3v) is 11.2. The first-order chi connectivity index (χ1) is 27.8. The fourth-order valence-corrected chi connectivity index (χ4v) is 8.72. The highest BCUT2D eigenvalue weighted by Crippen LogP contribution is 2.57. The second-order valence-corrected chi connectivity index (χ2v) is 14.5. The van der Waals surface area contributed by atoms with Gasteiger partial charge in [0.25, 0.3) is 0 Å². The van der Waals surface area contributed by atoms with E-state index in [4.69, 9.17) is 9.97 Å². The van der Waals surface area contributed by atoms with Gasteiger partial charge in [0, 0.05) is 33.6 Å². The molecule has 3 heteroatoms. The van der Waals surface area contributed by atoms with E-state index in [-0.39, 0.29) is 0 Å². The molecule has 0 bridgehead atoms. The summed E-state index contributed by atoms with van der Waals surface area (Å²) in [6.07, 6.45) is 6.83. The van der Waals surface area contributed by atoms with Gasteiger partial charge >= 0.3 is 0 Å². The predicted octanol–water partition coefficient (Wildman–Crippen LogP) is 13.3. The zero-order chi connectivity index (χ0) is 37.3. The van der Waals surface area contributed by atoms with Gasteiger partial charge in [0.2, 0.25) is 0 Å². The summed E-state index contributed by atoms with van der Waals surface area (Å²) < 4.78 is 0. The molecule has 0 radical (unpaired) electrons. The highest BCUT2D eigenvalue weighted by atomic mass is 14.9. The molecule has 1 N–H and O–H groups in total. The molecule has 8 aromatic rings. The molecule has 266 valence electrons. The van der Waals surface area contributed by atoms with Crippen molar-refractivity contribution in [3.05, 3.63) is 234 Å². The van der Waals surface area contributed by atoms with E-state index in [0.717, 1.165) is 63.4 Å². The molecule has 0 saturated heterocycles. The number of anilines is 2. The van der Waals surface area contributed by atoms with Crippen molar-refractivity contribution >= 4 is 16.9 Å². The lowest BCUT2D eigenvalue weighted by atomic mass is 9.66. The number of rotatable bonds is 8. The molecule has 0 spiro atoms. The van der Waals surface area contributed by atoms with Crippen molar-refractivity contribution in [1.29, 1.82) is 0 Å². The molecule has 56 heavy (non-hydrogen) atoms. The van der Waals surface area contributed by atoms with Crippen molar-refractivity contribution in [2.75, 3.05) is 5.32 Å². The van der Waals surface area contributed by atoms with Crippen LogP contribution < -0.4 is 5.32 Å². The highest BCUT2D eigenvalue weighted by Gasteiger charge is 2.47. The average Bonchev–Trinajstić information content (AvgIpc) is 3.59. The maximum absolute atomic E-state index is 5.13. The summed E-state index contributed by atoms with van der Waals surface area (Å²) in [4.78, 5) is 10.3. The van der Waals surface area contributed by atoms with Gasteiger partial charge in [-0.25, -0.2) is 9.97 Å². The van der Waals surface area contributed by atoms with Gasteiger partial charge in [-0.1, -0.05) is 182 Å². The van der Waals surface area contributed by atoms with E-state index < -0.39 is 5.41 Å². The van der Waals surface area contributed by atoms with Crippen LogP contribution in [0.2, 0.25) is 0 Å². The Bertz CT molecular complexity index is 2700. The molecule has 0 saturated carbocycles. The first kappa shape index (κ1) is 33.5. The summed E-state index contributed by atoms with van der Waals surface area (Å²) in [5.74, 6) is 0.681. The van der Waals surface area contributed by atoms with E-state index >= 15 is 0 Å². The molecule has 1 heterocycles. The summed E-state index contributed by atoms with van der Waals surface area (Å²) in [7, 11) is 0. The summed E-state index contributed by atoms with van der Waals surface area (Å²) >= 11 is 0. The topological polar surface area (TPSA) is 37.8 Å². The van der Waals surface area contributed by atoms with Crippen LogP contribution in [0.3, 0.4) is 0 Å². The molecular formula is C53H39N3. The van der Waals surface area contributed by atoms with Crippen molar-refractivity contribution < 1.29 is 0 Å². The van der Waals surface area contributed by atoms with Crippen LogP contribution in [0.15, 0.2) is 212 Å². The predicted molar refractivity (Wildman–Crippen MR) is 232 cm³/mol. The zero-order valence-electron chi connectivity index (χ0n) is 30.9. The molecule has 10 rings (SSSR count). The molecule has 3 nitrogen and oxygen atoms in total. The SMILES string of the molecule is C1=CC2=C(CC1)c1ccccc1C2(c1ccccc1)c1ccc(-c2ccccc2)c(Nc2cccc(-c3nc(-c4ccccc4)cc(-c4ccccc4)n3)c2)c1. The molecule has 0 aliphatic heterocycles. The van der Waals surface area contributed by atoms with E-state index in [1.165, 1.54) is 33.4 Å². The summed E-state index contributed by atoms with van der Waals surface area (Å²) in [6, 6.07) is 69.0. The van der Waals surface area contributed by atoms with Crippen LogP contribution in [0.25, 0.3) is 50.6 Å². The van der Waals surface area contributed by atoms with E-state index in [2.05, 4.69) is 199 Å². The van der Waals surface area contributed by atoms with Gasteiger partial charge < -0.3 is 5.32 Å². The number of nitrogens with zero attached hydrogens (tertiary/aromatic N) is 2. The van der Waals surface area contributed by atoms with Crippen LogP contribution in [-0.4, -0.2) is 9.97 Å². The van der Waals surface area contributed by atoms with Gasteiger partial charge in [0.15, 0.2) is 5.82 Å². The standard InChI is InChI=1S/C53H39N3/c1-5-18-37(19-6-1)44-33-32-42(53(41-25-11-4-12-26-41)47-30-15-13-28-45(47)46-29-14-16-31-48(46)53)35-51(44)54-43-27-17-24-40(34-43)52-55-49(38-20-7-2-8-21-38)36-50(56-52)39-22-9-3-10-23-39/h1-13,15-28,30-36,54H,14,29H2. The minimum absolute atomic E-state index is 0.461. The number of hydrogen-bond acceptors (Lipinski definition) is 3. The van der Waals surface area contributed by atoms with Gasteiger partial charge in [-0.05, 0) is 76.1 Å². The number of benzene rings is 7. The molecular weight excluding hydrogens is 679 g/mol. The maximum Gasteiger partial charge on any atom is 0.160 e. The fourth-order valence-electron chi connectivity index (χ4n) is 8.72. The number of nitrogens with one attached hydrogen (secondary N) is 1. The minimum atomic E-state index is -0.461. The van der Waals surface area contributed by atoms with E-state index in [1.54, 1.807) is 0 Å². The van der Waals surface area contributed by atoms with Crippen LogP contribution in [0, 0.1) is 0 Å². The van der Waals surface area contributed by atoms with Crippen molar-refractivity contribution in [1.82, 2.24) is 9.97 Å². The van der Waals surface area contributed by atoms with Gasteiger partial charge in [0.05, 0.1) is 16.8 Å². The van der Waals surface area contributed by atoms with Crippen molar-refractivity contribution in [3.63, 3.8) is 0 Å². The molecule has 1 aromatic heterocycles. The van der Waals surface area contributed by atoms with Crippen molar-refractivity contribution in [3.8, 4) is 45.0 Å². The Balaban J connectivity index is 1.13. The van der Waals surface area contributed by atoms with E-state index in [1.807, 2.05) is 12.1 Å². The third-order valence-electron chi connectivity index (χ3n) is 11.2. The highest BCUT2D eigenvalue weighted by molar-refractivity contribution is 5.90. The summed E-state index contributed by atoms with van der Waals surface area (Å²) in [5.41, 5.74) is 16.7. The Labute approximate surface area is 328 Å². The molecule has 0 amide bonds. The van der Waals surface area contributed by atoms with E-state index in [0.29, 0.717) is 5.82 Å². The molecule has 1 unspecified atom stereocenters. The lowest BCUT2D eigenvalue weighted by Gasteiger charge is -2.36. The second-order valence-electron chi connectivity index (χ2n) is 14.5. The Morgan fingerprint density at radius 1 is 0.464 bits per heavy atom. The van der Waals surface area contributed by atoms with Crippen LogP contribution >= 0.6 is 0 Å². The Hall–Kier alpha value is -7.10. The zero-order valence-corrected chi connectivity index (χ0v) is 30.9. The van der Waals surface area contributed by atoms with Gasteiger partial charge in [0.1, 0.15) is 0 Å². The molecule has 7 aromatic carbocycles. The Morgan fingerprint density at radius 3 is 1.77 bits per heavy atom. The first-order valence-corrected chi connectivity index (χ1v) is 19.4. The lowest BCUT2D eigenvalue weighted by Crippen LogP contribution is -2.29. The Kier molecular flexibility index (Phi) is 8.53. The first-order valence-electron chi connectivity index (χ1n) is 19.4. The van der Waals surface area contributed by atoms with Crippen LogP contribution in [0.1, 0.15) is 35.1 Å². The Morgan fingerprint density at radius 2 is 1.07 bits per heavy atom. The van der Waals surface area contributed by atoms with Crippen LogP contribution in [-0.2, 0) is 5.41 Å². The monoisotopic (exact) mass is 717 g/mol. The molecule has 0 fully saturated rings. The number of fused-ring (bicyclic) bond motifs is 2. The summed E-state index contributed by atoms with van der Waals surface area (Å²) in [6.45, 7) is 0. The lowest BCUT2D eigenvalue weighted by molar-refractivity contribution is 0.757. The number of aromatic nitrogens is 2. The largest absolute Gasteiger partial charge is 0.355 e. The molecule has 1 atom stereocenters. The van der Waals surface area contributed by atoms with Gasteiger partial charge in [-0.15, -0.1) is 0 Å². The van der Waals surface area contributed by atoms with Crippen molar-refractivity contribution in [2.24, 2.45) is 0 Å².